The van der Waals surface area contributed by atoms with Crippen LogP contribution in [0, 0.1) is 17.8 Å². The second kappa shape index (κ2) is 6.62. The Morgan fingerprint density at radius 2 is 1.93 bits per heavy atom. The van der Waals surface area contributed by atoms with Crippen LogP contribution in [-0.2, 0) is 9.53 Å². The Labute approximate surface area is 161 Å². The molecule has 2 heterocycles. The van der Waals surface area contributed by atoms with Gasteiger partial charge in [0.15, 0.2) is 0 Å². The summed E-state index contributed by atoms with van der Waals surface area (Å²) in [5.41, 5.74) is -1.11. The van der Waals surface area contributed by atoms with Crippen molar-refractivity contribution in [2.75, 3.05) is 32.7 Å². The highest BCUT2D eigenvalue weighted by atomic mass is 16.6. The molecule has 7 heteroatoms. The summed E-state index contributed by atoms with van der Waals surface area (Å²) in [6.07, 6.45) is 4.71. The second-order valence-corrected chi connectivity index (χ2v) is 10.0. The second-order valence-electron chi connectivity index (χ2n) is 10.0. The van der Waals surface area contributed by atoms with E-state index in [0.717, 1.165) is 45.2 Å². The van der Waals surface area contributed by atoms with Crippen LogP contribution in [0.4, 0.5) is 4.79 Å². The zero-order chi connectivity index (χ0) is 19.4. The van der Waals surface area contributed by atoms with Crippen molar-refractivity contribution in [3.8, 4) is 0 Å². The fourth-order valence-corrected chi connectivity index (χ4v) is 6.07. The van der Waals surface area contributed by atoms with E-state index in [0.29, 0.717) is 30.8 Å². The first-order chi connectivity index (χ1) is 12.7. The maximum absolute atomic E-state index is 13.2. The molecular weight excluding hydrogens is 346 g/mol. The molecular formula is C20H33N3O4. The van der Waals surface area contributed by atoms with Gasteiger partial charge in [-0.05, 0) is 70.6 Å². The van der Waals surface area contributed by atoms with E-state index in [2.05, 4.69) is 0 Å². The number of amides is 2. The van der Waals surface area contributed by atoms with E-state index < -0.39 is 17.2 Å². The van der Waals surface area contributed by atoms with Gasteiger partial charge in [0.25, 0.3) is 0 Å². The molecule has 7 nitrogen and oxygen atoms in total. The zero-order valence-electron chi connectivity index (χ0n) is 16.8. The number of hydroxylamine groups is 2. The maximum atomic E-state index is 13.2. The molecule has 2 saturated heterocycles. The Balaban J connectivity index is 1.62. The number of rotatable bonds is 3. The lowest BCUT2D eigenvalue weighted by molar-refractivity contribution is -0.182. The topological polar surface area (TPSA) is 73.3 Å². The fraction of sp³-hybridized carbons (Fsp3) is 0.900. The molecule has 2 amide bonds. The van der Waals surface area contributed by atoms with Gasteiger partial charge in [0.1, 0.15) is 12.1 Å². The molecule has 2 aliphatic carbocycles. The Bertz CT molecular complexity index is 613. The van der Waals surface area contributed by atoms with Crippen molar-refractivity contribution >= 4 is 12.0 Å². The molecule has 152 valence electrons. The average molecular weight is 380 g/mol. The highest BCUT2D eigenvalue weighted by molar-refractivity contribution is 5.83. The lowest BCUT2D eigenvalue weighted by atomic mass is 9.70. The van der Waals surface area contributed by atoms with E-state index in [1.54, 1.807) is 4.90 Å². The summed E-state index contributed by atoms with van der Waals surface area (Å²) >= 11 is 0. The monoisotopic (exact) mass is 379 g/mol. The lowest BCUT2D eigenvalue weighted by Gasteiger charge is -2.53. The molecule has 1 N–H and O–H groups in total. The highest BCUT2D eigenvalue weighted by Crippen LogP contribution is 2.58. The predicted molar refractivity (Wildman–Crippen MR) is 99.2 cm³/mol. The molecule has 0 aromatic carbocycles. The zero-order valence-corrected chi connectivity index (χ0v) is 16.8. The van der Waals surface area contributed by atoms with Crippen LogP contribution >= 0.6 is 0 Å². The van der Waals surface area contributed by atoms with Gasteiger partial charge in [-0.1, -0.05) is 0 Å². The molecule has 0 spiro atoms. The van der Waals surface area contributed by atoms with Crippen molar-refractivity contribution in [3.05, 3.63) is 0 Å². The number of piperidine rings is 1. The van der Waals surface area contributed by atoms with E-state index in [-0.39, 0.29) is 12.5 Å². The number of fused-ring (bicyclic) bond motifs is 1. The van der Waals surface area contributed by atoms with Gasteiger partial charge in [0, 0.05) is 26.2 Å². The summed E-state index contributed by atoms with van der Waals surface area (Å²) < 4.78 is 5.72. The molecule has 2 saturated carbocycles. The van der Waals surface area contributed by atoms with Gasteiger partial charge < -0.3 is 14.8 Å². The van der Waals surface area contributed by atoms with Crippen LogP contribution in [0.15, 0.2) is 0 Å². The minimum Gasteiger partial charge on any atom is -0.444 e. The quantitative estimate of drug-likeness (QED) is 0.815. The number of carbonyl (C=O) groups excluding carboxylic acids is 2. The largest absolute Gasteiger partial charge is 0.444 e. The fourth-order valence-electron chi connectivity index (χ4n) is 6.07. The minimum absolute atomic E-state index is 0.00196. The maximum Gasteiger partial charge on any atom is 0.411 e. The van der Waals surface area contributed by atoms with Gasteiger partial charge in [-0.3, -0.25) is 9.69 Å². The van der Waals surface area contributed by atoms with Gasteiger partial charge in [0.2, 0.25) is 5.91 Å². The third-order valence-electron chi connectivity index (χ3n) is 6.93. The Hall–Kier alpha value is -1.34. The normalized spacial score (nSPS) is 35.6. The Morgan fingerprint density at radius 1 is 1.22 bits per heavy atom. The first kappa shape index (κ1) is 19.0. The van der Waals surface area contributed by atoms with Crippen molar-refractivity contribution < 1.29 is 19.5 Å². The van der Waals surface area contributed by atoms with E-state index >= 15 is 0 Å². The smallest absolute Gasteiger partial charge is 0.411 e. The summed E-state index contributed by atoms with van der Waals surface area (Å²) in [7, 11) is 0. The van der Waals surface area contributed by atoms with Crippen LogP contribution in [0.25, 0.3) is 0 Å². The standard InChI is InChI=1S/C20H33N3O4/c1-19(2,3)27-18(25)23(12-17(24)21-6-4-5-7-21)20-10-14-8-15(16(20)9-14)11-22(26)13-20/h14-16,26H,4-13H2,1-3H3. The van der Waals surface area contributed by atoms with E-state index in [1.807, 2.05) is 25.7 Å². The van der Waals surface area contributed by atoms with Gasteiger partial charge in [-0.25, -0.2) is 4.79 Å². The summed E-state index contributed by atoms with van der Waals surface area (Å²) in [6, 6.07) is 0. The third-order valence-corrected chi connectivity index (χ3v) is 6.93. The number of ether oxygens (including phenoxy) is 1. The van der Waals surface area contributed by atoms with E-state index in [4.69, 9.17) is 4.74 Å². The molecule has 4 unspecified atom stereocenters. The molecule has 2 bridgehead atoms. The van der Waals surface area contributed by atoms with Crippen molar-refractivity contribution in [2.24, 2.45) is 17.8 Å². The van der Waals surface area contributed by atoms with Crippen molar-refractivity contribution in [1.29, 1.82) is 0 Å². The number of hydrogen-bond donors (Lipinski definition) is 1. The summed E-state index contributed by atoms with van der Waals surface area (Å²) in [5.74, 6) is 1.33. The van der Waals surface area contributed by atoms with Crippen molar-refractivity contribution in [2.45, 2.75) is 64.0 Å². The molecule has 0 radical (unpaired) electrons. The molecule has 0 aromatic rings. The minimum atomic E-state index is -0.618. The Morgan fingerprint density at radius 3 is 2.56 bits per heavy atom. The molecule has 0 aromatic heterocycles. The van der Waals surface area contributed by atoms with Gasteiger partial charge in [-0.2, -0.15) is 5.06 Å². The van der Waals surface area contributed by atoms with E-state index in [9.17, 15) is 14.8 Å². The van der Waals surface area contributed by atoms with Crippen molar-refractivity contribution in [3.63, 3.8) is 0 Å². The number of likely N-dealkylation sites (tertiary alicyclic amines) is 1. The lowest BCUT2D eigenvalue weighted by Crippen LogP contribution is -2.67. The van der Waals surface area contributed by atoms with Crippen LogP contribution in [0.1, 0.15) is 52.9 Å². The molecule has 4 fully saturated rings. The first-order valence-corrected chi connectivity index (χ1v) is 10.4. The predicted octanol–water partition coefficient (Wildman–Crippen LogP) is 2.34. The van der Waals surface area contributed by atoms with Crippen molar-refractivity contribution in [1.82, 2.24) is 14.9 Å². The number of hydrogen-bond acceptors (Lipinski definition) is 5. The Kier molecular flexibility index (Phi) is 4.66. The molecule has 4 aliphatic rings. The van der Waals surface area contributed by atoms with Gasteiger partial charge in [-0.15, -0.1) is 0 Å². The SMILES string of the molecule is CC(C)(C)OC(=O)N(CC(=O)N1CCCC1)C12CC3CC(CN(O)C1)C2C3. The molecule has 4 atom stereocenters. The molecule has 2 aliphatic heterocycles. The molecule has 27 heavy (non-hydrogen) atoms. The molecule has 4 rings (SSSR count). The third kappa shape index (κ3) is 3.44. The average Bonchev–Trinajstić information content (AvgIpc) is 3.25. The van der Waals surface area contributed by atoms with Crippen LogP contribution < -0.4 is 0 Å². The van der Waals surface area contributed by atoms with Gasteiger partial charge >= 0.3 is 6.09 Å². The first-order valence-electron chi connectivity index (χ1n) is 10.4. The summed E-state index contributed by atoms with van der Waals surface area (Å²) in [6.45, 7) is 8.24. The highest BCUT2D eigenvalue weighted by Gasteiger charge is 2.63. The number of nitrogens with zero attached hydrogens (tertiary/aromatic N) is 3. The van der Waals surface area contributed by atoms with Crippen LogP contribution in [0.2, 0.25) is 0 Å². The van der Waals surface area contributed by atoms with Gasteiger partial charge in [0.05, 0.1) is 5.54 Å². The summed E-state index contributed by atoms with van der Waals surface area (Å²) in [4.78, 5) is 29.7. The summed E-state index contributed by atoms with van der Waals surface area (Å²) in [5, 5.41) is 11.7. The van der Waals surface area contributed by atoms with Crippen LogP contribution in [0.5, 0.6) is 0 Å². The van der Waals surface area contributed by atoms with Crippen LogP contribution in [0.3, 0.4) is 0 Å². The van der Waals surface area contributed by atoms with Crippen LogP contribution in [-0.4, -0.2) is 75.9 Å². The number of carbonyl (C=O) groups is 2. The van der Waals surface area contributed by atoms with E-state index in [1.165, 1.54) is 5.06 Å².